The second kappa shape index (κ2) is 14.0. The molecule has 5 heterocycles. The zero-order valence-electron chi connectivity index (χ0n) is 30.6. The SMILES string of the molecule is CN1Cc2c(-c3cccc4cc(-c5ccc(C(=O)NCC#Cc6ccc7cnn(C8CCC(=O)NC8=O)c7c6)nc5)ncc34)cc(C(C)(F)F)cc2N(C)C1=O. The largest absolute Gasteiger partial charge is 0.340 e. The Hall–Kier alpha value is -7.01. The Morgan fingerprint density at radius 2 is 1.80 bits per heavy atom. The number of nitrogens with zero attached hydrogens (tertiary/aromatic N) is 6. The Bertz CT molecular complexity index is 2680. The molecule has 12 nitrogen and oxygen atoms in total. The Kier molecular flexibility index (Phi) is 9.00. The Morgan fingerprint density at radius 3 is 2.57 bits per heavy atom. The first-order valence-corrected chi connectivity index (χ1v) is 17.8. The Balaban J connectivity index is 0.980. The van der Waals surface area contributed by atoms with Crippen LogP contribution in [0.25, 0.3) is 44.1 Å². The van der Waals surface area contributed by atoms with Crippen molar-refractivity contribution < 1.29 is 28.0 Å². The van der Waals surface area contributed by atoms with Gasteiger partial charge >= 0.3 is 6.03 Å². The highest BCUT2D eigenvalue weighted by molar-refractivity contribution is 6.02. The van der Waals surface area contributed by atoms with Crippen LogP contribution in [0.5, 0.6) is 0 Å². The van der Waals surface area contributed by atoms with E-state index in [-0.39, 0.29) is 48.6 Å². The van der Waals surface area contributed by atoms with E-state index in [0.29, 0.717) is 45.6 Å². The molecule has 3 aromatic carbocycles. The predicted molar refractivity (Wildman–Crippen MR) is 206 cm³/mol. The van der Waals surface area contributed by atoms with Gasteiger partial charge in [0.15, 0.2) is 0 Å². The highest BCUT2D eigenvalue weighted by Crippen LogP contribution is 2.42. The van der Waals surface area contributed by atoms with Gasteiger partial charge in [0, 0.05) is 79.4 Å². The molecule has 1 atom stereocenters. The molecule has 0 aliphatic carbocycles. The third kappa shape index (κ3) is 6.68. The number of anilines is 1. The number of carbonyl (C=O) groups is 4. The summed E-state index contributed by atoms with van der Waals surface area (Å²) in [6, 6.07) is 18.4. The van der Waals surface area contributed by atoms with Crippen LogP contribution in [0.15, 0.2) is 85.3 Å². The number of hydrogen-bond acceptors (Lipinski definition) is 7. The van der Waals surface area contributed by atoms with Crippen molar-refractivity contribution in [3.8, 4) is 34.2 Å². The van der Waals surface area contributed by atoms with Crippen LogP contribution in [0.3, 0.4) is 0 Å². The van der Waals surface area contributed by atoms with Crippen molar-refractivity contribution in [1.29, 1.82) is 0 Å². The van der Waals surface area contributed by atoms with Gasteiger partial charge in [0.05, 0.1) is 29.6 Å². The van der Waals surface area contributed by atoms with Crippen molar-refractivity contribution in [3.05, 3.63) is 108 Å². The van der Waals surface area contributed by atoms with E-state index in [1.807, 2.05) is 42.5 Å². The average Bonchev–Trinajstić information content (AvgIpc) is 3.60. The molecular formula is C42H34F2N8O4. The lowest BCUT2D eigenvalue weighted by Gasteiger charge is -2.35. The summed E-state index contributed by atoms with van der Waals surface area (Å²) in [5.74, 6) is 1.76. The molecule has 0 bridgehead atoms. The number of amides is 5. The first-order chi connectivity index (χ1) is 26.9. The standard InChI is InChI=1S/C42H34F2N8O4/c1-42(43,44)28-18-30(32-23-50(2)41(56)51(3)37(32)19-28)29-8-4-7-25-17-34(47-22-31(25)29)26-11-12-33(46-20-26)39(54)45-15-5-6-24-9-10-27-21-48-52(36(27)16-24)35-13-14-38(53)49-40(35)55/h4,7-12,16-22,35H,13-15,23H2,1-3H3,(H,45,54)(H,49,53,55). The van der Waals surface area contributed by atoms with Crippen molar-refractivity contribution in [2.45, 2.75) is 38.3 Å². The van der Waals surface area contributed by atoms with Crippen LogP contribution in [-0.4, -0.2) is 69.0 Å². The van der Waals surface area contributed by atoms with Gasteiger partial charge in [-0.2, -0.15) is 5.10 Å². The van der Waals surface area contributed by atoms with E-state index in [4.69, 9.17) is 0 Å². The number of rotatable bonds is 6. The molecule has 0 radical (unpaired) electrons. The lowest BCUT2D eigenvalue weighted by atomic mass is 9.90. The summed E-state index contributed by atoms with van der Waals surface area (Å²) in [4.78, 5) is 61.6. The van der Waals surface area contributed by atoms with Gasteiger partial charge in [0.25, 0.3) is 17.7 Å². The number of carbonyl (C=O) groups excluding carboxylic acids is 4. The number of nitrogens with one attached hydrogen (secondary N) is 2. The number of imide groups is 1. The van der Waals surface area contributed by atoms with E-state index in [2.05, 4.69) is 37.5 Å². The third-order valence-corrected chi connectivity index (χ3v) is 10.1. The van der Waals surface area contributed by atoms with Gasteiger partial charge in [-0.3, -0.25) is 39.3 Å². The summed E-state index contributed by atoms with van der Waals surface area (Å²) in [6.45, 7) is 1.17. The minimum absolute atomic E-state index is 0.0617. The molecule has 8 rings (SSSR count). The molecule has 56 heavy (non-hydrogen) atoms. The molecule has 1 saturated heterocycles. The molecular weight excluding hydrogens is 719 g/mol. The van der Waals surface area contributed by atoms with Crippen molar-refractivity contribution in [2.24, 2.45) is 0 Å². The number of pyridine rings is 2. The predicted octanol–water partition coefficient (Wildman–Crippen LogP) is 6.19. The lowest BCUT2D eigenvalue weighted by molar-refractivity contribution is -0.135. The molecule has 2 aliphatic heterocycles. The number of halogens is 2. The van der Waals surface area contributed by atoms with Crippen LogP contribution in [0.2, 0.25) is 0 Å². The van der Waals surface area contributed by atoms with Gasteiger partial charge in [-0.25, -0.2) is 13.6 Å². The summed E-state index contributed by atoms with van der Waals surface area (Å²) < 4.78 is 31.1. The number of hydrogen-bond donors (Lipinski definition) is 2. The molecule has 2 N–H and O–H groups in total. The van der Waals surface area contributed by atoms with Crippen LogP contribution >= 0.6 is 0 Å². The topological polar surface area (TPSA) is 142 Å². The second-order valence-electron chi connectivity index (χ2n) is 13.9. The van der Waals surface area contributed by atoms with Crippen molar-refractivity contribution in [2.75, 3.05) is 25.5 Å². The summed E-state index contributed by atoms with van der Waals surface area (Å²) in [5, 5.41) is 11.9. The van der Waals surface area contributed by atoms with Crippen molar-refractivity contribution in [3.63, 3.8) is 0 Å². The molecule has 1 unspecified atom stereocenters. The summed E-state index contributed by atoms with van der Waals surface area (Å²) in [6.07, 6.45) is 5.53. The molecule has 0 spiro atoms. The van der Waals surface area contributed by atoms with E-state index in [1.165, 1.54) is 17.0 Å². The fourth-order valence-corrected chi connectivity index (χ4v) is 7.16. The summed E-state index contributed by atoms with van der Waals surface area (Å²) in [7, 11) is 3.26. The number of benzene rings is 3. The van der Waals surface area contributed by atoms with Crippen LogP contribution in [0.1, 0.15) is 53.0 Å². The van der Waals surface area contributed by atoms with E-state index in [9.17, 15) is 28.0 Å². The Morgan fingerprint density at radius 1 is 0.964 bits per heavy atom. The van der Waals surface area contributed by atoms with E-state index in [0.717, 1.165) is 28.6 Å². The summed E-state index contributed by atoms with van der Waals surface area (Å²) in [5.41, 5.74) is 5.20. The van der Waals surface area contributed by atoms with Crippen LogP contribution < -0.4 is 15.5 Å². The van der Waals surface area contributed by atoms with E-state index >= 15 is 0 Å². The first-order valence-electron chi connectivity index (χ1n) is 17.8. The monoisotopic (exact) mass is 752 g/mol. The van der Waals surface area contributed by atoms with Gasteiger partial charge in [0.2, 0.25) is 5.91 Å². The molecule has 0 saturated carbocycles. The van der Waals surface area contributed by atoms with Crippen molar-refractivity contribution >= 4 is 51.1 Å². The van der Waals surface area contributed by atoms with Crippen molar-refractivity contribution in [1.82, 2.24) is 35.3 Å². The van der Waals surface area contributed by atoms with Gasteiger partial charge < -0.3 is 10.2 Å². The summed E-state index contributed by atoms with van der Waals surface area (Å²) >= 11 is 0. The molecule has 280 valence electrons. The molecule has 6 aromatic rings. The number of alkyl halides is 2. The maximum absolute atomic E-state index is 14.7. The smallest absolute Gasteiger partial charge is 0.324 e. The molecule has 1 fully saturated rings. The maximum atomic E-state index is 14.7. The number of piperidine rings is 1. The average molecular weight is 753 g/mol. The molecule has 3 aromatic heterocycles. The van der Waals surface area contributed by atoms with E-state index < -0.39 is 17.9 Å². The third-order valence-electron chi connectivity index (χ3n) is 10.1. The minimum atomic E-state index is -3.12. The highest BCUT2D eigenvalue weighted by Gasteiger charge is 2.33. The minimum Gasteiger partial charge on any atom is -0.340 e. The maximum Gasteiger partial charge on any atom is 0.324 e. The van der Waals surface area contributed by atoms with Gasteiger partial charge in [-0.05, 0) is 71.5 Å². The molecule has 14 heteroatoms. The number of fused-ring (bicyclic) bond motifs is 3. The van der Waals surface area contributed by atoms with Gasteiger partial charge in [0.1, 0.15) is 11.7 Å². The lowest BCUT2D eigenvalue weighted by Crippen LogP contribution is -2.43. The number of aromatic nitrogens is 4. The zero-order valence-corrected chi connectivity index (χ0v) is 30.6. The van der Waals surface area contributed by atoms with Gasteiger partial charge in [-0.1, -0.05) is 30.0 Å². The van der Waals surface area contributed by atoms with Crippen LogP contribution in [0.4, 0.5) is 19.3 Å². The fraction of sp³-hybridized carbons (Fsp3) is 0.214. The van der Waals surface area contributed by atoms with Gasteiger partial charge in [-0.15, -0.1) is 0 Å². The van der Waals surface area contributed by atoms with Crippen LogP contribution in [0, 0.1) is 11.8 Å². The quantitative estimate of drug-likeness (QED) is 0.153. The second-order valence-corrected chi connectivity index (χ2v) is 13.9. The van der Waals surface area contributed by atoms with E-state index in [1.54, 1.807) is 54.4 Å². The Labute approximate surface area is 319 Å². The molecule has 5 amide bonds. The normalized spacial score (nSPS) is 15.7. The molecule has 2 aliphatic rings. The highest BCUT2D eigenvalue weighted by atomic mass is 19.3. The first kappa shape index (κ1) is 36.0. The van der Waals surface area contributed by atoms with Crippen LogP contribution in [-0.2, 0) is 22.1 Å². The fourth-order valence-electron chi connectivity index (χ4n) is 7.16. The number of urea groups is 1. The zero-order chi connectivity index (χ0) is 39.3.